The molecule has 0 amide bonds. The fourth-order valence-corrected chi connectivity index (χ4v) is 2.62. The monoisotopic (exact) mass is 364 g/mol. The van der Waals surface area contributed by atoms with Crippen LogP contribution in [0, 0.1) is 11.3 Å². The number of methoxy groups -OCH3 is 1. The molecule has 0 aliphatic rings. The number of hydrogen-bond donors (Lipinski definition) is 1. The minimum absolute atomic E-state index is 0.0544. The largest absolute Gasteiger partial charge is 0.468 e. The Morgan fingerprint density at radius 2 is 1.96 bits per heavy atom. The summed E-state index contributed by atoms with van der Waals surface area (Å²) in [6.07, 6.45) is 0. The Balaban J connectivity index is 2.73. The van der Waals surface area contributed by atoms with Gasteiger partial charge in [0.1, 0.15) is 17.4 Å². The molecule has 0 saturated heterocycles. The SMILES string of the molecule is COC(=O)C(C(=O)OC(C)(C)C)c1c(C#N)c2cc(Cl)ccc2n1O. The van der Waals surface area contributed by atoms with Gasteiger partial charge < -0.3 is 14.7 Å². The zero-order chi connectivity index (χ0) is 18.9. The molecule has 1 unspecified atom stereocenters. The van der Waals surface area contributed by atoms with Crippen molar-refractivity contribution in [1.82, 2.24) is 4.73 Å². The van der Waals surface area contributed by atoms with E-state index in [1.807, 2.05) is 6.07 Å². The third-order valence-corrected chi connectivity index (χ3v) is 3.64. The molecular weight excluding hydrogens is 348 g/mol. The average Bonchev–Trinajstić information content (AvgIpc) is 2.77. The number of nitrogens with zero attached hydrogens (tertiary/aromatic N) is 2. The third kappa shape index (κ3) is 3.54. The first-order valence-corrected chi connectivity index (χ1v) is 7.72. The summed E-state index contributed by atoms with van der Waals surface area (Å²) in [5.74, 6) is -3.50. The van der Waals surface area contributed by atoms with Crippen LogP contribution in [0.2, 0.25) is 5.02 Å². The van der Waals surface area contributed by atoms with Crippen molar-refractivity contribution in [2.75, 3.05) is 7.11 Å². The van der Waals surface area contributed by atoms with Gasteiger partial charge in [-0.25, -0.2) is 0 Å². The number of benzene rings is 1. The van der Waals surface area contributed by atoms with Crippen LogP contribution < -0.4 is 0 Å². The number of esters is 2. The summed E-state index contributed by atoms with van der Waals surface area (Å²) in [7, 11) is 1.10. The van der Waals surface area contributed by atoms with Gasteiger partial charge in [-0.3, -0.25) is 9.59 Å². The lowest BCUT2D eigenvalue weighted by Crippen LogP contribution is -2.33. The molecule has 0 radical (unpaired) electrons. The summed E-state index contributed by atoms with van der Waals surface area (Å²) in [5, 5.41) is 20.6. The second kappa shape index (κ2) is 6.65. The van der Waals surface area contributed by atoms with Crippen LogP contribution in [0.3, 0.4) is 0 Å². The highest BCUT2D eigenvalue weighted by molar-refractivity contribution is 6.31. The molecule has 0 aliphatic carbocycles. The molecule has 0 fully saturated rings. The van der Waals surface area contributed by atoms with Crippen LogP contribution in [0.1, 0.15) is 37.9 Å². The topological polar surface area (TPSA) is 102 Å². The molecule has 1 heterocycles. The summed E-state index contributed by atoms with van der Waals surface area (Å²) in [4.78, 5) is 24.8. The lowest BCUT2D eigenvalue weighted by molar-refractivity contribution is -0.164. The minimum Gasteiger partial charge on any atom is -0.468 e. The molecular formula is C17H17ClN2O5. The predicted octanol–water partition coefficient (Wildman–Crippen LogP) is 3.00. The number of carbonyl (C=O) groups excluding carboxylic acids is 2. The number of rotatable bonds is 3. The molecule has 0 bridgehead atoms. The molecule has 7 nitrogen and oxygen atoms in total. The zero-order valence-electron chi connectivity index (χ0n) is 14.2. The second-order valence-electron chi connectivity index (χ2n) is 6.33. The van der Waals surface area contributed by atoms with Gasteiger partial charge in [0.15, 0.2) is 5.92 Å². The van der Waals surface area contributed by atoms with E-state index >= 15 is 0 Å². The first kappa shape index (κ1) is 18.6. The van der Waals surface area contributed by atoms with Crippen LogP contribution in [0.4, 0.5) is 0 Å². The van der Waals surface area contributed by atoms with Crippen LogP contribution in [-0.4, -0.2) is 34.6 Å². The van der Waals surface area contributed by atoms with Gasteiger partial charge in [0.2, 0.25) is 0 Å². The van der Waals surface area contributed by atoms with Crippen molar-refractivity contribution in [2.24, 2.45) is 0 Å². The van der Waals surface area contributed by atoms with E-state index < -0.39 is 23.5 Å². The lowest BCUT2D eigenvalue weighted by Gasteiger charge is -2.23. The fraction of sp³-hybridized carbons (Fsp3) is 0.353. The Labute approximate surface area is 149 Å². The Bertz CT molecular complexity index is 889. The quantitative estimate of drug-likeness (QED) is 0.510. The van der Waals surface area contributed by atoms with E-state index in [1.54, 1.807) is 20.8 Å². The molecule has 0 saturated carbocycles. The molecule has 1 aromatic carbocycles. The molecule has 25 heavy (non-hydrogen) atoms. The molecule has 1 N–H and O–H groups in total. The summed E-state index contributed by atoms with van der Waals surface area (Å²) < 4.78 is 10.5. The smallest absolute Gasteiger partial charge is 0.327 e. The Kier molecular flexibility index (Phi) is 4.95. The van der Waals surface area contributed by atoms with Gasteiger partial charge >= 0.3 is 11.9 Å². The van der Waals surface area contributed by atoms with Gasteiger partial charge in [-0.05, 0) is 39.0 Å². The zero-order valence-corrected chi connectivity index (χ0v) is 14.9. The van der Waals surface area contributed by atoms with E-state index in [1.165, 1.54) is 18.2 Å². The van der Waals surface area contributed by atoms with Crippen molar-refractivity contribution in [2.45, 2.75) is 32.3 Å². The standard InChI is InChI=1S/C17H17ClN2O5/c1-17(2,3)25-16(22)13(15(21)24-4)14-11(8-19)10-7-9(18)5-6-12(10)20(14)23/h5-7,13,23H,1-4H3. The minimum atomic E-state index is -1.62. The van der Waals surface area contributed by atoms with Crippen LogP contribution in [0.25, 0.3) is 10.9 Å². The van der Waals surface area contributed by atoms with Gasteiger partial charge in [0.25, 0.3) is 0 Å². The van der Waals surface area contributed by atoms with Crippen molar-refractivity contribution in [3.05, 3.63) is 34.5 Å². The average molecular weight is 365 g/mol. The molecule has 2 aromatic rings. The van der Waals surface area contributed by atoms with E-state index in [0.29, 0.717) is 15.1 Å². The second-order valence-corrected chi connectivity index (χ2v) is 6.77. The van der Waals surface area contributed by atoms with Crippen molar-refractivity contribution >= 4 is 34.4 Å². The van der Waals surface area contributed by atoms with E-state index in [9.17, 15) is 20.1 Å². The van der Waals surface area contributed by atoms with Crippen molar-refractivity contribution in [1.29, 1.82) is 5.26 Å². The fourth-order valence-electron chi connectivity index (χ4n) is 2.45. The van der Waals surface area contributed by atoms with Crippen molar-refractivity contribution in [3.8, 4) is 6.07 Å². The number of fused-ring (bicyclic) bond motifs is 1. The highest BCUT2D eigenvalue weighted by Gasteiger charge is 2.39. The van der Waals surface area contributed by atoms with Gasteiger partial charge in [0.05, 0.1) is 18.2 Å². The summed E-state index contributed by atoms with van der Waals surface area (Å²) in [6, 6.07) is 6.37. The Morgan fingerprint density at radius 3 is 2.48 bits per heavy atom. The van der Waals surface area contributed by atoms with Crippen LogP contribution in [-0.2, 0) is 19.1 Å². The number of aromatic nitrogens is 1. The van der Waals surface area contributed by atoms with Crippen LogP contribution in [0.5, 0.6) is 0 Å². The molecule has 1 aromatic heterocycles. The van der Waals surface area contributed by atoms with Gasteiger partial charge in [0, 0.05) is 10.4 Å². The van der Waals surface area contributed by atoms with E-state index in [2.05, 4.69) is 4.74 Å². The first-order chi connectivity index (χ1) is 11.6. The summed E-state index contributed by atoms with van der Waals surface area (Å²) in [5.41, 5.74) is -0.915. The maximum atomic E-state index is 12.5. The van der Waals surface area contributed by atoms with E-state index in [4.69, 9.17) is 16.3 Å². The number of hydrogen-bond acceptors (Lipinski definition) is 6. The van der Waals surface area contributed by atoms with Gasteiger partial charge in [-0.1, -0.05) is 11.6 Å². The number of nitriles is 1. The first-order valence-electron chi connectivity index (χ1n) is 7.34. The maximum Gasteiger partial charge on any atom is 0.327 e. The lowest BCUT2D eigenvalue weighted by atomic mass is 10.0. The molecule has 2 rings (SSSR count). The Morgan fingerprint density at radius 1 is 1.32 bits per heavy atom. The Hall–Kier alpha value is -2.72. The third-order valence-electron chi connectivity index (χ3n) is 3.41. The van der Waals surface area contributed by atoms with Crippen molar-refractivity contribution in [3.63, 3.8) is 0 Å². The van der Waals surface area contributed by atoms with Gasteiger partial charge in [-0.2, -0.15) is 9.99 Å². The summed E-state index contributed by atoms with van der Waals surface area (Å²) >= 11 is 5.94. The normalized spacial score (nSPS) is 12.5. The number of halogens is 1. The van der Waals surface area contributed by atoms with Crippen LogP contribution in [0.15, 0.2) is 18.2 Å². The molecule has 1 atom stereocenters. The van der Waals surface area contributed by atoms with Gasteiger partial charge in [-0.15, -0.1) is 0 Å². The van der Waals surface area contributed by atoms with E-state index in [-0.39, 0.29) is 16.8 Å². The van der Waals surface area contributed by atoms with Crippen LogP contribution >= 0.6 is 11.6 Å². The highest BCUT2D eigenvalue weighted by atomic mass is 35.5. The number of carbonyl (C=O) groups is 2. The molecule has 0 aliphatic heterocycles. The molecule has 8 heteroatoms. The summed E-state index contributed by atoms with van der Waals surface area (Å²) in [6.45, 7) is 4.91. The predicted molar refractivity (Wildman–Crippen MR) is 89.4 cm³/mol. The van der Waals surface area contributed by atoms with Crippen molar-refractivity contribution < 1.29 is 24.3 Å². The molecule has 132 valence electrons. The molecule has 0 spiro atoms. The highest BCUT2D eigenvalue weighted by Crippen LogP contribution is 2.33. The maximum absolute atomic E-state index is 12.5. The number of ether oxygens (including phenoxy) is 2. The van der Waals surface area contributed by atoms with E-state index in [0.717, 1.165) is 7.11 Å².